The number of aromatic nitrogens is 21. The Morgan fingerprint density at radius 2 is 0.916 bits per heavy atom. The van der Waals surface area contributed by atoms with Crippen LogP contribution in [0.25, 0.3) is 84.8 Å². The molecule has 0 bridgehead atoms. The van der Waals surface area contributed by atoms with Crippen LogP contribution in [0, 0.1) is 68.5 Å². The van der Waals surface area contributed by atoms with Gasteiger partial charge in [-0.15, -0.1) is 0 Å². The van der Waals surface area contributed by atoms with Crippen molar-refractivity contribution in [3.05, 3.63) is 223 Å². The number of nitrogens with zero attached hydrogens (tertiary/aromatic N) is 23. The first-order valence-electron chi connectivity index (χ1n) is 43.8. The molecule has 14 aromatic heterocycles. The van der Waals surface area contributed by atoms with E-state index in [9.17, 15) is 64.7 Å². The van der Waals surface area contributed by atoms with Gasteiger partial charge in [-0.3, -0.25) is 73.2 Å². The minimum Gasteiger partial charge on any atom is -0.354 e. The fourth-order valence-electron chi connectivity index (χ4n) is 16.3. The maximum atomic E-state index is 13.1. The lowest BCUT2D eigenvalue weighted by Crippen LogP contribution is -2.24. The molecule has 2 aliphatic carbocycles. The first-order valence-corrected chi connectivity index (χ1v) is 43.8. The van der Waals surface area contributed by atoms with Gasteiger partial charge in [0.2, 0.25) is 5.91 Å². The number of aryl methyl sites for hydroxylation is 2. The Labute approximate surface area is 751 Å². The summed E-state index contributed by atoms with van der Waals surface area (Å²) in [6, 6.07) is 25.2. The number of anilines is 1. The van der Waals surface area contributed by atoms with Crippen molar-refractivity contribution in [2.45, 2.75) is 197 Å². The maximum absolute atomic E-state index is 13.1. The summed E-state index contributed by atoms with van der Waals surface area (Å²) in [5.74, 6) is 1.26. The number of aromatic amines is 5. The number of rotatable bonds is 21. The molecule has 672 valence electrons. The second-order valence-electron chi connectivity index (χ2n) is 34.8. The van der Waals surface area contributed by atoms with Gasteiger partial charge in [-0.2, -0.15) is 36.5 Å². The minimum absolute atomic E-state index is 0.00245. The number of hydrogen-bond acceptors (Lipinski definition) is 20. The largest absolute Gasteiger partial charge is 0.354 e. The van der Waals surface area contributed by atoms with Crippen LogP contribution < -0.4 is 38.0 Å². The van der Waals surface area contributed by atoms with Crippen LogP contribution in [0.5, 0.6) is 0 Å². The first-order chi connectivity index (χ1) is 62.8. The molecule has 131 heavy (non-hydrogen) atoms. The van der Waals surface area contributed by atoms with Crippen molar-refractivity contribution in [3.8, 4) is 86.9 Å². The van der Waals surface area contributed by atoms with E-state index in [0.29, 0.717) is 149 Å². The molecule has 0 spiro atoms. The normalized spacial score (nSPS) is 13.0. The average molecular weight is 1770 g/mol. The Kier molecular flexibility index (Phi) is 26.5. The Hall–Kier alpha value is -15.8. The molecule has 0 unspecified atom stereocenters. The van der Waals surface area contributed by atoms with Gasteiger partial charge < -0.3 is 24.3 Å². The highest BCUT2D eigenvalue weighted by Gasteiger charge is 2.32. The monoisotopic (exact) mass is 1770 g/mol. The Morgan fingerprint density at radius 1 is 0.504 bits per heavy atom. The molecule has 3 fully saturated rings. The van der Waals surface area contributed by atoms with Gasteiger partial charge in [0, 0.05) is 165 Å². The molecule has 37 heteroatoms. The second-order valence-corrected chi connectivity index (χ2v) is 34.8. The summed E-state index contributed by atoms with van der Waals surface area (Å²) in [6.07, 6.45) is 24.2. The van der Waals surface area contributed by atoms with E-state index in [1.54, 1.807) is 44.4 Å². The van der Waals surface area contributed by atoms with E-state index in [0.717, 1.165) is 61.1 Å². The van der Waals surface area contributed by atoms with Crippen molar-refractivity contribution in [1.29, 1.82) is 26.3 Å². The minimum atomic E-state index is -0.245. The molecule has 1 aromatic carbocycles. The number of fused-ring (bicyclic) bond motifs is 5. The van der Waals surface area contributed by atoms with Gasteiger partial charge in [0.1, 0.15) is 80.9 Å². The van der Waals surface area contributed by atoms with Crippen molar-refractivity contribution >= 4 is 51.6 Å². The molecular formula is C94H103N29O8. The molecule has 3 aliphatic rings. The van der Waals surface area contributed by atoms with E-state index in [1.165, 1.54) is 84.1 Å². The molecule has 0 radical (unpaired) electrons. The van der Waals surface area contributed by atoms with Crippen molar-refractivity contribution in [2.75, 3.05) is 32.6 Å². The zero-order valence-corrected chi connectivity index (χ0v) is 76.0. The summed E-state index contributed by atoms with van der Waals surface area (Å²) in [6.45, 7) is 27.8. The van der Waals surface area contributed by atoms with E-state index >= 15 is 0 Å². The highest BCUT2D eigenvalue weighted by Crippen LogP contribution is 2.38. The smallest absolute Gasteiger partial charge is 0.276 e. The lowest BCUT2D eigenvalue weighted by atomic mass is 9.99. The van der Waals surface area contributed by atoms with Crippen LogP contribution in [-0.4, -0.2) is 152 Å². The van der Waals surface area contributed by atoms with Crippen LogP contribution in [-0.2, 0) is 24.3 Å². The molecular weight excluding hydrogens is 1660 g/mol. The number of carbonyl (C=O) groups excluding carboxylic acids is 3. The molecule has 0 atom stereocenters. The van der Waals surface area contributed by atoms with Crippen molar-refractivity contribution in [1.82, 2.24) is 112 Å². The second kappa shape index (κ2) is 38.0. The maximum Gasteiger partial charge on any atom is 0.276 e. The van der Waals surface area contributed by atoms with Crippen LogP contribution in [0.3, 0.4) is 0 Å². The summed E-state index contributed by atoms with van der Waals surface area (Å²) in [4.78, 5) is 128. The molecule has 15 heterocycles. The Bertz CT molecular complexity index is 7500. The predicted octanol–water partition coefficient (Wildman–Crippen LogP) is 12.8. The van der Waals surface area contributed by atoms with Gasteiger partial charge >= 0.3 is 0 Å². The van der Waals surface area contributed by atoms with Gasteiger partial charge in [-0.1, -0.05) is 100 Å². The van der Waals surface area contributed by atoms with Gasteiger partial charge in [0.05, 0.1) is 28.5 Å². The summed E-state index contributed by atoms with van der Waals surface area (Å²) < 4.78 is 14.2. The molecule has 6 N–H and O–H groups in total. The number of carbonyl (C=O) groups is 3. The average Bonchev–Trinajstić information content (AvgIpc) is 1.64. The molecule has 3 amide bonds. The Morgan fingerprint density at radius 3 is 1.33 bits per heavy atom. The Balaban J connectivity index is 0.000000132. The predicted molar refractivity (Wildman–Crippen MR) is 492 cm³/mol. The summed E-state index contributed by atoms with van der Waals surface area (Å²) in [5, 5.41) is 72.1. The zero-order valence-electron chi connectivity index (χ0n) is 76.0. The highest BCUT2D eigenvalue weighted by atomic mass is 16.2. The standard InChI is InChI=1S/C20H24N6O2.C19H22N6O2.C19H17N5O2.2C18H20N6O/c1-11(2)16-17(23-18-14(8-21)9-22-26(18)20(16)28)13-7-15(19(27)24(5)6)25(10-13)12(3)4;1-10(2)15-16(23-17-13(7-20)8-22-25(17)19(15)27)12-6-14(18(26)21-5)24(9-12)11(3)4;1-2-15-17(22-18-13(10-20)11-21-24(18)19(15)26)12-5-3-6-14(9-12)23-8-4-7-16(23)25;1-11(2)15-16(14-5-7-20-23(14)8-6-12-3-4-12)22-17-13(9-19)10-21-24(17)18(15)25;1-11(2)15-16(14-6-8-23(22-14)7-5-12-3-4-12)21-17-13(9-19)10-20-24(17)18(15)25/h7,9-12,22H,1-6H3;6,8-11,22H,1-5H3,(H,21,26);3,5-6,9,11,21H,2,4,7-8H2,1H3;5,7,10-12,21H,3-4,6,8H2,1-2H3;6,8,10-12,20H,3-5,7H2,1-2H3. The molecule has 15 aromatic rings. The zero-order chi connectivity index (χ0) is 94.0. The molecule has 37 nitrogen and oxygen atoms in total. The molecule has 18 rings (SSSR count). The number of nitriles is 5. The number of H-pyrrole nitrogens is 5. The third kappa shape index (κ3) is 18.0. The van der Waals surface area contributed by atoms with Crippen LogP contribution in [0.15, 0.2) is 128 Å². The summed E-state index contributed by atoms with van der Waals surface area (Å²) in [7, 11) is 4.98. The van der Waals surface area contributed by atoms with Crippen LogP contribution in [0.2, 0.25) is 0 Å². The molecule has 2 saturated carbocycles. The van der Waals surface area contributed by atoms with Crippen molar-refractivity contribution in [2.24, 2.45) is 11.8 Å². The number of hydrogen-bond donors (Lipinski definition) is 6. The van der Waals surface area contributed by atoms with Gasteiger partial charge in [-0.05, 0) is 125 Å². The van der Waals surface area contributed by atoms with E-state index < -0.39 is 0 Å². The highest BCUT2D eigenvalue weighted by molar-refractivity contribution is 5.97. The number of amides is 3. The van der Waals surface area contributed by atoms with Gasteiger partial charge in [0.25, 0.3) is 39.6 Å². The van der Waals surface area contributed by atoms with Crippen molar-refractivity contribution in [3.63, 3.8) is 0 Å². The SMILES string of the molecule is CC(C)c1c(-c2cc(C(=O)N(C)C)n(C(C)C)c2)nc2c(C#N)c[nH]n2c1=O.CC(C)c1c(-c2ccn(CCC3CC3)n2)nc2c(C#N)c[nH]n2c1=O.CC(C)c1c(-c2ccnn2CCC2CC2)nc2c(C#N)c[nH]n2c1=O.CCc1c(-c2cccc(N3CCCC3=O)c2)nc2c(C#N)c[nH]n2c1=O.CNC(=O)c1cc(-c2nc3c(C#N)c[nH]n3c(=O)c2C(C)C)cn1C(C)C. The molecule has 1 aliphatic heterocycles. The summed E-state index contributed by atoms with van der Waals surface area (Å²) in [5.41, 5.74) is 13.3. The van der Waals surface area contributed by atoms with Crippen LogP contribution in [0.4, 0.5) is 5.69 Å². The van der Waals surface area contributed by atoms with E-state index in [1.807, 2.05) is 176 Å². The van der Waals surface area contributed by atoms with Crippen molar-refractivity contribution < 1.29 is 14.4 Å². The van der Waals surface area contributed by atoms with Gasteiger partial charge in [0.15, 0.2) is 28.2 Å². The van der Waals surface area contributed by atoms with E-state index in [2.05, 4.69) is 84.1 Å². The van der Waals surface area contributed by atoms with E-state index in [4.69, 9.17) is 0 Å². The quantitative estimate of drug-likeness (QED) is 0.0389. The number of nitrogens with one attached hydrogen (secondary N) is 6. The topological polar surface area (TPSA) is 485 Å². The third-order valence-electron chi connectivity index (χ3n) is 23.5. The first kappa shape index (κ1) is 91.4. The molecule has 1 saturated heterocycles. The fourth-order valence-corrected chi connectivity index (χ4v) is 16.3. The lowest BCUT2D eigenvalue weighted by Gasteiger charge is -2.17. The lowest BCUT2D eigenvalue weighted by molar-refractivity contribution is -0.117. The van der Waals surface area contributed by atoms with Gasteiger partial charge in [-0.25, -0.2) is 47.5 Å². The van der Waals surface area contributed by atoms with E-state index in [-0.39, 0.29) is 92.6 Å². The number of benzene rings is 1. The summed E-state index contributed by atoms with van der Waals surface area (Å²) >= 11 is 0. The third-order valence-corrected chi connectivity index (χ3v) is 23.5. The fraction of sp³-hybridized carbons (Fsp3) is 0.383. The van der Waals surface area contributed by atoms with Crippen LogP contribution in [0.1, 0.15) is 254 Å². The van der Waals surface area contributed by atoms with Crippen LogP contribution >= 0.6 is 0 Å².